The van der Waals surface area contributed by atoms with Gasteiger partial charge < -0.3 is 10.4 Å². The van der Waals surface area contributed by atoms with Crippen LogP contribution in [0.2, 0.25) is 0 Å². The van der Waals surface area contributed by atoms with Crippen LogP contribution in [0.4, 0.5) is 0 Å². The van der Waals surface area contributed by atoms with Crippen molar-refractivity contribution in [3.05, 3.63) is 0 Å². The number of isocyanates is 1. The van der Waals surface area contributed by atoms with Gasteiger partial charge in [-0.15, -0.1) is 0 Å². The molecule has 0 spiro atoms. The maximum Gasteiger partial charge on any atom is 0.325 e. The minimum absolute atomic E-state index is 0.188. The van der Waals surface area contributed by atoms with E-state index in [1.165, 1.54) is 13.0 Å². The van der Waals surface area contributed by atoms with Gasteiger partial charge in [0.25, 0.3) is 0 Å². The lowest BCUT2D eigenvalue weighted by atomic mass is 10.0. The molecule has 0 aliphatic carbocycles. The first-order chi connectivity index (χ1) is 6.90. The molecular weight excluding hydrogens is 200 g/mol. The number of carbonyl (C=O) groups excluding carboxylic acids is 2. The van der Waals surface area contributed by atoms with Gasteiger partial charge in [0.15, 0.2) is 0 Å². The number of carbonyl (C=O) groups is 2. The van der Waals surface area contributed by atoms with Gasteiger partial charge in [0, 0.05) is 0 Å². The van der Waals surface area contributed by atoms with E-state index in [1.54, 1.807) is 13.8 Å². The average molecular weight is 214 g/mol. The van der Waals surface area contributed by atoms with Gasteiger partial charge in [-0.05, 0) is 12.8 Å². The third-order valence-corrected chi connectivity index (χ3v) is 1.82. The van der Waals surface area contributed by atoms with Crippen LogP contribution >= 0.6 is 0 Å². The van der Waals surface area contributed by atoms with E-state index in [2.05, 4.69) is 10.3 Å². The van der Waals surface area contributed by atoms with Crippen molar-refractivity contribution < 1.29 is 19.5 Å². The predicted octanol–water partition coefficient (Wildman–Crippen LogP) is -0.0639. The van der Waals surface area contributed by atoms with Gasteiger partial charge in [-0.1, -0.05) is 13.8 Å². The number of rotatable bonds is 5. The van der Waals surface area contributed by atoms with E-state index in [0.717, 1.165) is 0 Å². The SMILES string of the molecule is CC(C)[C@H](N=C=O)C(=O)N[C@@H](C)C(=O)O. The van der Waals surface area contributed by atoms with Gasteiger partial charge in [-0.3, -0.25) is 9.59 Å². The highest BCUT2D eigenvalue weighted by Gasteiger charge is 2.24. The van der Waals surface area contributed by atoms with E-state index in [9.17, 15) is 14.4 Å². The zero-order valence-corrected chi connectivity index (χ0v) is 8.85. The minimum Gasteiger partial charge on any atom is -0.480 e. The van der Waals surface area contributed by atoms with Crippen LogP contribution in [-0.2, 0) is 14.4 Å². The zero-order valence-electron chi connectivity index (χ0n) is 8.85. The first kappa shape index (κ1) is 13.3. The number of aliphatic carboxylic acids is 1. The number of amides is 1. The standard InChI is InChI=1S/C9H14N2O4/c1-5(2)7(10-4-12)8(13)11-6(3)9(14)15/h5-7H,1-3H3,(H,11,13)(H,14,15)/t6-,7-/m0/s1. The molecule has 84 valence electrons. The molecule has 15 heavy (non-hydrogen) atoms. The Morgan fingerprint density at radius 2 is 1.87 bits per heavy atom. The van der Waals surface area contributed by atoms with E-state index >= 15 is 0 Å². The monoisotopic (exact) mass is 214 g/mol. The predicted molar refractivity (Wildman–Crippen MR) is 52.0 cm³/mol. The van der Waals surface area contributed by atoms with E-state index in [0.29, 0.717) is 0 Å². The lowest BCUT2D eigenvalue weighted by Gasteiger charge is -2.16. The van der Waals surface area contributed by atoms with E-state index in [1.807, 2.05) is 0 Å². The van der Waals surface area contributed by atoms with Gasteiger partial charge >= 0.3 is 5.97 Å². The first-order valence-electron chi connectivity index (χ1n) is 4.50. The van der Waals surface area contributed by atoms with Crippen molar-refractivity contribution >= 4 is 18.0 Å². The molecule has 0 aromatic heterocycles. The Morgan fingerprint density at radius 3 is 2.20 bits per heavy atom. The number of carboxylic acids is 1. The molecule has 0 unspecified atom stereocenters. The molecule has 0 aromatic rings. The molecule has 0 rings (SSSR count). The fraction of sp³-hybridized carbons (Fsp3) is 0.667. The molecule has 6 nitrogen and oxygen atoms in total. The third-order valence-electron chi connectivity index (χ3n) is 1.82. The first-order valence-corrected chi connectivity index (χ1v) is 4.50. The number of nitrogens with zero attached hydrogens (tertiary/aromatic N) is 1. The molecule has 2 atom stereocenters. The van der Waals surface area contributed by atoms with Gasteiger partial charge in [0.2, 0.25) is 12.0 Å². The van der Waals surface area contributed by atoms with Crippen LogP contribution in [0.3, 0.4) is 0 Å². The van der Waals surface area contributed by atoms with Crippen LogP contribution in [0, 0.1) is 5.92 Å². The molecule has 1 amide bonds. The normalized spacial score (nSPS) is 13.9. The van der Waals surface area contributed by atoms with Crippen molar-refractivity contribution in [1.82, 2.24) is 5.32 Å². The van der Waals surface area contributed by atoms with E-state index in [4.69, 9.17) is 5.11 Å². The van der Waals surface area contributed by atoms with Crippen LogP contribution < -0.4 is 5.32 Å². The Bertz CT molecular complexity index is 294. The van der Waals surface area contributed by atoms with Crippen molar-refractivity contribution in [3.8, 4) is 0 Å². The summed E-state index contributed by atoms with van der Waals surface area (Å²) in [7, 11) is 0. The summed E-state index contributed by atoms with van der Waals surface area (Å²) in [5, 5.41) is 10.8. The Kier molecular flexibility index (Phi) is 5.26. The lowest BCUT2D eigenvalue weighted by Crippen LogP contribution is -2.44. The summed E-state index contributed by atoms with van der Waals surface area (Å²) in [6.07, 6.45) is 1.30. The largest absolute Gasteiger partial charge is 0.480 e. The highest BCUT2D eigenvalue weighted by atomic mass is 16.4. The summed E-state index contributed by atoms with van der Waals surface area (Å²) in [6.45, 7) is 4.75. The lowest BCUT2D eigenvalue weighted by molar-refractivity contribution is -0.141. The van der Waals surface area contributed by atoms with Crippen LogP contribution in [0.25, 0.3) is 0 Å². The fourth-order valence-electron chi connectivity index (χ4n) is 0.928. The maximum atomic E-state index is 11.4. The maximum absolute atomic E-state index is 11.4. The summed E-state index contributed by atoms with van der Waals surface area (Å²) in [6, 6.07) is -1.88. The van der Waals surface area contributed by atoms with Gasteiger partial charge in [-0.2, -0.15) is 4.99 Å². The third kappa shape index (κ3) is 4.37. The van der Waals surface area contributed by atoms with E-state index < -0.39 is 24.0 Å². The Balaban J connectivity index is 4.52. The summed E-state index contributed by atoms with van der Waals surface area (Å²) in [5.41, 5.74) is 0. The molecule has 2 N–H and O–H groups in total. The second kappa shape index (κ2) is 5.93. The summed E-state index contributed by atoms with van der Waals surface area (Å²) in [5.74, 6) is -1.91. The summed E-state index contributed by atoms with van der Waals surface area (Å²) >= 11 is 0. The Hall–Kier alpha value is -1.68. The Labute approximate surface area is 87.4 Å². The van der Waals surface area contributed by atoms with Crippen LogP contribution in [0.1, 0.15) is 20.8 Å². The number of hydrogen-bond acceptors (Lipinski definition) is 4. The Morgan fingerprint density at radius 1 is 1.33 bits per heavy atom. The molecule has 6 heteroatoms. The van der Waals surface area contributed by atoms with Crippen molar-refractivity contribution in [2.24, 2.45) is 10.9 Å². The molecule has 0 aliphatic rings. The fourth-order valence-corrected chi connectivity index (χ4v) is 0.928. The van der Waals surface area contributed by atoms with Gasteiger partial charge in [0.1, 0.15) is 12.1 Å². The molecule has 0 heterocycles. The smallest absolute Gasteiger partial charge is 0.325 e. The molecule has 0 saturated heterocycles. The molecule has 0 fully saturated rings. The summed E-state index contributed by atoms with van der Waals surface area (Å²) < 4.78 is 0. The van der Waals surface area contributed by atoms with Crippen LogP contribution in [0.5, 0.6) is 0 Å². The van der Waals surface area contributed by atoms with Crippen molar-refractivity contribution in [1.29, 1.82) is 0 Å². The van der Waals surface area contributed by atoms with Crippen molar-refractivity contribution in [2.45, 2.75) is 32.9 Å². The number of carboxylic acid groups (broad SMARTS) is 1. The average Bonchev–Trinajstić information content (AvgIpc) is 2.12. The second-order valence-corrected chi connectivity index (χ2v) is 3.48. The van der Waals surface area contributed by atoms with Crippen LogP contribution in [0.15, 0.2) is 4.99 Å². The number of hydrogen-bond donors (Lipinski definition) is 2. The molecule has 0 radical (unpaired) electrons. The van der Waals surface area contributed by atoms with Gasteiger partial charge in [-0.25, -0.2) is 4.79 Å². The van der Waals surface area contributed by atoms with Gasteiger partial charge in [0.05, 0.1) is 0 Å². The molecule has 0 aliphatic heterocycles. The molecule has 0 saturated carbocycles. The van der Waals surface area contributed by atoms with Crippen molar-refractivity contribution in [2.75, 3.05) is 0 Å². The summed E-state index contributed by atoms with van der Waals surface area (Å²) in [4.78, 5) is 35.3. The quantitative estimate of drug-likeness (QED) is 0.495. The minimum atomic E-state index is -1.14. The van der Waals surface area contributed by atoms with Crippen LogP contribution in [-0.4, -0.2) is 35.1 Å². The second-order valence-electron chi connectivity index (χ2n) is 3.48. The molecule has 0 bridgehead atoms. The topological polar surface area (TPSA) is 95.8 Å². The molecular formula is C9H14N2O4. The highest BCUT2D eigenvalue weighted by molar-refractivity contribution is 5.87. The zero-order chi connectivity index (χ0) is 12.0. The highest BCUT2D eigenvalue weighted by Crippen LogP contribution is 2.06. The van der Waals surface area contributed by atoms with E-state index in [-0.39, 0.29) is 5.92 Å². The number of nitrogens with one attached hydrogen (secondary N) is 1. The number of aliphatic imine (C=N–C) groups is 1. The van der Waals surface area contributed by atoms with Crippen molar-refractivity contribution in [3.63, 3.8) is 0 Å². The molecule has 0 aromatic carbocycles.